The molecule has 0 saturated carbocycles. The van der Waals surface area contributed by atoms with Crippen LogP contribution in [0.3, 0.4) is 0 Å². The Hall–Kier alpha value is -1.20. The monoisotopic (exact) mass is 410 g/mol. The Balaban J connectivity index is 1.81. The number of carboxylic acids is 1. The topological polar surface area (TPSA) is 37.3 Å². The molecule has 3 rings (SSSR count). The maximum atomic E-state index is 11.4. The van der Waals surface area contributed by atoms with E-state index >= 15 is 0 Å². The Labute approximate surface area is 164 Å². The molecule has 1 atom stereocenters. The van der Waals surface area contributed by atoms with E-state index in [4.69, 9.17) is 23.2 Å². The molecule has 0 aliphatic rings. The van der Waals surface area contributed by atoms with Gasteiger partial charge in [-0.2, -0.15) is 0 Å². The van der Waals surface area contributed by atoms with Gasteiger partial charge in [0.25, 0.3) is 0 Å². The SMILES string of the molecule is CCC(C(=O)O)c1csc2cc(SCc3ccc(Cl)cc3Cl)ccc12. The maximum Gasteiger partial charge on any atom is 0.311 e. The molecule has 0 spiro atoms. The summed E-state index contributed by atoms with van der Waals surface area (Å²) < 4.78 is 1.11. The van der Waals surface area contributed by atoms with Gasteiger partial charge in [-0.15, -0.1) is 23.1 Å². The first-order valence-corrected chi connectivity index (χ1v) is 10.4. The number of rotatable bonds is 6. The third-order valence-corrected chi connectivity index (χ3v) is 6.66. The molecule has 2 nitrogen and oxygen atoms in total. The predicted octanol–water partition coefficient (Wildman–Crippen LogP) is 7.08. The summed E-state index contributed by atoms with van der Waals surface area (Å²) in [7, 11) is 0. The van der Waals surface area contributed by atoms with E-state index in [0.29, 0.717) is 16.5 Å². The summed E-state index contributed by atoms with van der Waals surface area (Å²) in [6.07, 6.45) is 0.590. The highest BCUT2D eigenvalue weighted by atomic mass is 35.5. The van der Waals surface area contributed by atoms with Gasteiger partial charge < -0.3 is 5.11 Å². The lowest BCUT2D eigenvalue weighted by atomic mass is 9.96. The number of hydrogen-bond donors (Lipinski definition) is 1. The first kappa shape index (κ1) is 18.6. The summed E-state index contributed by atoms with van der Waals surface area (Å²) >= 11 is 15.4. The molecule has 1 N–H and O–H groups in total. The Morgan fingerprint density at radius 3 is 2.72 bits per heavy atom. The quantitative estimate of drug-likeness (QED) is 0.441. The number of thiophene rings is 1. The first-order valence-electron chi connectivity index (χ1n) is 7.80. The van der Waals surface area contributed by atoms with Gasteiger partial charge in [0, 0.05) is 25.4 Å². The molecule has 0 radical (unpaired) electrons. The van der Waals surface area contributed by atoms with Gasteiger partial charge in [-0.25, -0.2) is 0 Å². The van der Waals surface area contributed by atoms with Crippen molar-refractivity contribution in [2.45, 2.75) is 29.9 Å². The number of thioether (sulfide) groups is 1. The van der Waals surface area contributed by atoms with Crippen molar-refractivity contribution in [3.05, 3.63) is 63.0 Å². The van der Waals surface area contributed by atoms with Crippen LogP contribution < -0.4 is 0 Å². The van der Waals surface area contributed by atoms with Crippen molar-refractivity contribution >= 4 is 62.4 Å². The fourth-order valence-corrected chi connectivity index (χ4v) is 5.34. The van der Waals surface area contributed by atoms with Gasteiger partial charge in [0.15, 0.2) is 0 Å². The van der Waals surface area contributed by atoms with Crippen LogP contribution in [0.2, 0.25) is 10.0 Å². The molecule has 3 aromatic rings. The summed E-state index contributed by atoms with van der Waals surface area (Å²) in [5.41, 5.74) is 1.95. The van der Waals surface area contributed by atoms with Crippen LogP contribution >= 0.6 is 46.3 Å². The molecule has 130 valence electrons. The summed E-state index contributed by atoms with van der Waals surface area (Å²) in [6, 6.07) is 11.7. The van der Waals surface area contributed by atoms with Crippen LogP contribution in [0.25, 0.3) is 10.1 Å². The van der Waals surface area contributed by atoms with E-state index in [0.717, 1.165) is 31.9 Å². The molecule has 0 aliphatic heterocycles. The molecule has 1 aromatic heterocycles. The zero-order chi connectivity index (χ0) is 18.0. The van der Waals surface area contributed by atoms with E-state index in [9.17, 15) is 9.90 Å². The molecule has 0 aliphatic carbocycles. The number of carbonyl (C=O) groups is 1. The lowest BCUT2D eigenvalue weighted by Crippen LogP contribution is -2.09. The fraction of sp³-hybridized carbons (Fsp3) is 0.211. The van der Waals surface area contributed by atoms with Crippen molar-refractivity contribution in [1.82, 2.24) is 0 Å². The Morgan fingerprint density at radius 2 is 2.04 bits per heavy atom. The van der Waals surface area contributed by atoms with E-state index in [2.05, 4.69) is 6.07 Å². The third-order valence-electron chi connectivity index (χ3n) is 4.07. The largest absolute Gasteiger partial charge is 0.481 e. The molecular formula is C19H16Cl2O2S2. The molecule has 1 heterocycles. The number of fused-ring (bicyclic) bond motifs is 1. The molecule has 0 bridgehead atoms. The second-order valence-electron chi connectivity index (χ2n) is 5.67. The number of halogens is 2. The zero-order valence-electron chi connectivity index (χ0n) is 13.5. The van der Waals surface area contributed by atoms with Gasteiger partial charge in [-0.05, 0) is 52.6 Å². The summed E-state index contributed by atoms with van der Waals surface area (Å²) in [4.78, 5) is 12.6. The van der Waals surface area contributed by atoms with Crippen molar-refractivity contribution in [3.63, 3.8) is 0 Å². The third kappa shape index (κ3) is 4.14. The van der Waals surface area contributed by atoms with Crippen LogP contribution in [0, 0.1) is 0 Å². The predicted molar refractivity (Wildman–Crippen MR) is 109 cm³/mol. The first-order chi connectivity index (χ1) is 12.0. The average Bonchev–Trinajstić information content (AvgIpc) is 2.97. The number of aliphatic carboxylic acids is 1. The number of benzene rings is 2. The van der Waals surface area contributed by atoms with E-state index in [1.165, 1.54) is 0 Å². The highest BCUT2D eigenvalue weighted by Crippen LogP contribution is 2.36. The molecule has 0 fully saturated rings. The molecule has 25 heavy (non-hydrogen) atoms. The minimum atomic E-state index is -0.766. The second kappa shape index (κ2) is 8.00. The van der Waals surface area contributed by atoms with E-state index < -0.39 is 11.9 Å². The van der Waals surface area contributed by atoms with Gasteiger partial charge >= 0.3 is 5.97 Å². The molecule has 2 aromatic carbocycles. The molecule has 0 saturated heterocycles. The van der Waals surface area contributed by atoms with Gasteiger partial charge in [0.05, 0.1) is 5.92 Å². The second-order valence-corrected chi connectivity index (χ2v) is 8.48. The fourth-order valence-electron chi connectivity index (χ4n) is 2.72. The summed E-state index contributed by atoms with van der Waals surface area (Å²) in [6.45, 7) is 1.91. The van der Waals surface area contributed by atoms with Gasteiger partial charge in [-0.1, -0.05) is 42.3 Å². The molecule has 1 unspecified atom stereocenters. The van der Waals surface area contributed by atoms with E-state index in [1.807, 2.05) is 36.6 Å². The number of carboxylic acid groups (broad SMARTS) is 1. The van der Waals surface area contributed by atoms with E-state index in [-0.39, 0.29) is 0 Å². The van der Waals surface area contributed by atoms with Crippen LogP contribution in [0.4, 0.5) is 0 Å². The van der Waals surface area contributed by atoms with Crippen LogP contribution in [0.15, 0.2) is 46.7 Å². The van der Waals surface area contributed by atoms with Gasteiger partial charge in [0.2, 0.25) is 0 Å². The highest BCUT2D eigenvalue weighted by Gasteiger charge is 2.21. The minimum Gasteiger partial charge on any atom is -0.481 e. The van der Waals surface area contributed by atoms with Crippen molar-refractivity contribution < 1.29 is 9.90 Å². The Morgan fingerprint density at radius 1 is 1.24 bits per heavy atom. The standard InChI is InChI=1S/C19H16Cl2O2S2/c1-2-14(19(22)23)16-10-25-18-8-13(5-6-15(16)18)24-9-11-3-4-12(20)7-17(11)21/h3-8,10,14H,2,9H2,1H3,(H,22,23). The molecular weight excluding hydrogens is 395 g/mol. The van der Waals surface area contributed by atoms with Gasteiger partial charge in [-0.3, -0.25) is 4.79 Å². The summed E-state index contributed by atoms with van der Waals surface area (Å²) in [5, 5.41) is 13.7. The van der Waals surface area contributed by atoms with Crippen LogP contribution in [-0.4, -0.2) is 11.1 Å². The van der Waals surface area contributed by atoms with E-state index in [1.54, 1.807) is 29.2 Å². The normalized spacial score (nSPS) is 12.4. The van der Waals surface area contributed by atoms with Gasteiger partial charge in [0.1, 0.15) is 0 Å². The highest BCUT2D eigenvalue weighted by molar-refractivity contribution is 7.98. The van der Waals surface area contributed by atoms with Crippen LogP contribution in [0.1, 0.15) is 30.4 Å². The number of hydrogen-bond acceptors (Lipinski definition) is 3. The van der Waals surface area contributed by atoms with Crippen molar-refractivity contribution in [2.24, 2.45) is 0 Å². The zero-order valence-corrected chi connectivity index (χ0v) is 16.6. The van der Waals surface area contributed by atoms with Crippen LogP contribution in [0.5, 0.6) is 0 Å². The Kier molecular flexibility index (Phi) is 5.95. The Bertz CT molecular complexity index is 921. The average molecular weight is 411 g/mol. The minimum absolute atomic E-state index is 0.444. The van der Waals surface area contributed by atoms with Crippen molar-refractivity contribution in [1.29, 1.82) is 0 Å². The maximum absolute atomic E-state index is 11.4. The van der Waals surface area contributed by atoms with Crippen molar-refractivity contribution in [3.8, 4) is 0 Å². The lowest BCUT2D eigenvalue weighted by Gasteiger charge is -2.09. The summed E-state index contributed by atoms with van der Waals surface area (Å²) in [5.74, 6) is -0.454. The molecule has 6 heteroatoms. The van der Waals surface area contributed by atoms with Crippen LogP contribution in [-0.2, 0) is 10.5 Å². The molecule has 0 amide bonds. The van der Waals surface area contributed by atoms with Crippen molar-refractivity contribution in [2.75, 3.05) is 0 Å². The lowest BCUT2D eigenvalue weighted by molar-refractivity contribution is -0.138. The smallest absolute Gasteiger partial charge is 0.311 e.